The fourth-order valence-electron chi connectivity index (χ4n) is 2.32. The van der Waals surface area contributed by atoms with Crippen molar-refractivity contribution in [1.29, 1.82) is 0 Å². The van der Waals surface area contributed by atoms with E-state index in [-0.39, 0.29) is 18.5 Å². The monoisotopic (exact) mass is 288 g/mol. The maximum Gasteiger partial charge on any atom is 0.320 e. The van der Waals surface area contributed by atoms with E-state index in [0.29, 0.717) is 11.8 Å². The summed E-state index contributed by atoms with van der Waals surface area (Å²) in [5, 5.41) is 9.35. The fourth-order valence-corrected chi connectivity index (χ4v) is 3.50. The van der Waals surface area contributed by atoms with Crippen LogP contribution in [0.5, 0.6) is 0 Å². The fraction of sp³-hybridized carbons (Fsp3) is 0.846. The number of thioether (sulfide) groups is 1. The molecule has 2 unspecified atom stereocenters. The van der Waals surface area contributed by atoms with E-state index in [9.17, 15) is 9.59 Å². The van der Waals surface area contributed by atoms with E-state index >= 15 is 0 Å². The third-order valence-electron chi connectivity index (χ3n) is 3.45. The van der Waals surface area contributed by atoms with Crippen LogP contribution in [0.2, 0.25) is 0 Å². The van der Waals surface area contributed by atoms with Crippen molar-refractivity contribution in [3.8, 4) is 0 Å². The predicted molar refractivity (Wildman–Crippen MR) is 77.6 cm³/mol. The first-order chi connectivity index (χ1) is 8.99. The summed E-state index contributed by atoms with van der Waals surface area (Å²) >= 11 is 1.92. The van der Waals surface area contributed by atoms with Crippen molar-refractivity contribution in [2.24, 2.45) is 0 Å². The summed E-state index contributed by atoms with van der Waals surface area (Å²) in [5.74, 6) is 0.106. The van der Waals surface area contributed by atoms with Crippen molar-refractivity contribution < 1.29 is 14.7 Å². The molecule has 0 radical (unpaired) electrons. The van der Waals surface area contributed by atoms with Crippen LogP contribution in [0.1, 0.15) is 33.6 Å². The van der Waals surface area contributed by atoms with E-state index in [4.69, 9.17) is 5.11 Å². The van der Waals surface area contributed by atoms with E-state index in [1.165, 1.54) is 0 Å². The number of hydrogen-bond donors (Lipinski definition) is 1. The van der Waals surface area contributed by atoms with Gasteiger partial charge in [0.2, 0.25) is 0 Å². The van der Waals surface area contributed by atoms with E-state index in [1.807, 2.05) is 23.6 Å². The van der Waals surface area contributed by atoms with Gasteiger partial charge < -0.3 is 14.9 Å². The molecule has 1 fully saturated rings. The minimum absolute atomic E-state index is 0.000619. The molecule has 1 aliphatic heterocycles. The Morgan fingerprint density at radius 3 is 2.68 bits per heavy atom. The number of aliphatic carboxylic acids is 1. The van der Waals surface area contributed by atoms with Gasteiger partial charge in [-0.1, -0.05) is 6.92 Å². The number of nitrogens with zero attached hydrogens (tertiary/aromatic N) is 2. The molecule has 0 saturated carbocycles. The van der Waals surface area contributed by atoms with Gasteiger partial charge in [-0.05, 0) is 20.3 Å². The Morgan fingerprint density at radius 1 is 1.47 bits per heavy atom. The summed E-state index contributed by atoms with van der Waals surface area (Å²) in [5.41, 5.74) is 0. The highest BCUT2D eigenvalue weighted by atomic mass is 32.2. The van der Waals surface area contributed by atoms with Crippen molar-refractivity contribution in [3.63, 3.8) is 0 Å². The zero-order chi connectivity index (χ0) is 14.4. The molecule has 0 aliphatic carbocycles. The van der Waals surface area contributed by atoms with E-state index in [0.717, 1.165) is 25.3 Å². The summed E-state index contributed by atoms with van der Waals surface area (Å²) in [7, 11) is 0. The van der Waals surface area contributed by atoms with Crippen LogP contribution in [-0.4, -0.2) is 63.6 Å². The maximum absolute atomic E-state index is 12.5. The van der Waals surface area contributed by atoms with Crippen LogP contribution in [0.4, 0.5) is 4.79 Å². The van der Waals surface area contributed by atoms with Gasteiger partial charge in [-0.25, -0.2) is 4.79 Å². The molecule has 110 valence electrons. The molecule has 1 rings (SSSR count). The number of carboxylic acid groups (broad SMARTS) is 1. The lowest BCUT2D eigenvalue weighted by molar-refractivity contribution is -0.138. The molecule has 1 heterocycles. The number of amides is 2. The van der Waals surface area contributed by atoms with Crippen LogP contribution < -0.4 is 0 Å². The zero-order valence-corrected chi connectivity index (χ0v) is 12.8. The quantitative estimate of drug-likeness (QED) is 0.842. The van der Waals surface area contributed by atoms with Crippen molar-refractivity contribution in [2.75, 3.05) is 25.4 Å². The number of carbonyl (C=O) groups is 2. The Labute approximate surface area is 119 Å². The van der Waals surface area contributed by atoms with Crippen LogP contribution >= 0.6 is 11.8 Å². The first-order valence-corrected chi connectivity index (χ1v) is 7.93. The molecule has 6 heteroatoms. The number of urea groups is 1. The molecular weight excluding hydrogens is 264 g/mol. The molecule has 0 aromatic carbocycles. The second-order valence-electron chi connectivity index (χ2n) is 4.86. The molecule has 5 nitrogen and oxygen atoms in total. The molecule has 2 atom stereocenters. The van der Waals surface area contributed by atoms with Crippen LogP contribution in [0, 0.1) is 0 Å². The first-order valence-electron chi connectivity index (χ1n) is 6.88. The SMILES string of the molecule is CCC1CN(C(=O)N(CC)C(C)CC(=O)O)CCS1. The van der Waals surface area contributed by atoms with Crippen LogP contribution in [0.3, 0.4) is 0 Å². The normalized spacial score (nSPS) is 21.0. The minimum Gasteiger partial charge on any atom is -0.481 e. The van der Waals surface area contributed by atoms with Gasteiger partial charge in [0.15, 0.2) is 0 Å². The number of hydrogen-bond acceptors (Lipinski definition) is 3. The van der Waals surface area contributed by atoms with Gasteiger partial charge in [-0.3, -0.25) is 4.79 Å². The summed E-state index contributed by atoms with van der Waals surface area (Å²) in [4.78, 5) is 26.8. The van der Waals surface area contributed by atoms with Crippen LogP contribution in [0.15, 0.2) is 0 Å². The highest BCUT2D eigenvalue weighted by molar-refractivity contribution is 8.00. The second-order valence-corrected chi connectivity index (χ2v) is 6.27. The smallest absolute Gasteiger partial charge is 0.320 e. The van der Waals surface area contributed by atoms with Gasteiger partial charge in [0.25, 0.3) is 0 Å². The summed E-state index contributed by atoms with van der Waals surface area (Å²) in [6.07, 6.45) is 1.06. The lowest BCUT2D eigenvalue weighted by Gasteiger charge is -2.37. The van der Waals surface area contributed by atoms with Crippen molar-refractivity contribution in [3.05, 3.63) is 0 Å². The molecule has 0 bridgehead atoms. The Balaban J connectivity index is 2.64. The topological polar surface area (TPSA) is 60.9 Å². The molecule has 1 N–H and O–H groups in total. The molecule has 1 aliphatic rings. The van der Waals surface area contributed by atoms with Crippen molar-refractivity contribution >= 4 is 23.8 Å². The third kappa shape index (κ3) is 4.60. The molecule has 0 spiro atoms. The molecule has 19 heavy (non-hydrogen) atoms. The van der Waals surface area contributed by atoms with Gasteiger partial charge in [0, 0.05) is 36.7 Å². The molecule has 0 aromatic heterocycles. The summed E-state index contributed by atoms with van der Waals surface area (Å²) in [6, 6.07) is -0.278. The van der Waals surface area contributed by atoms with Gasteiger partial charge >= 0.3 is 12.0 Å². The van der Waals surface area contributed by atoms with Gasteiger partial charge in [-0.15, -0.1) is 0 Å². The first kappa shape index (κ1) is 16.1. The number of carbonyl (C=O) groups excluding carboxylic acids is 1. The maximum atomic E-state index is 12.5. The van der Waals surface area contributed by atoms with Crippen molar-refractivity contribution in [2.45, 2.75) is 44.9 Å². The van der Waals surface area contributed by atoms with Crippen LogP contribution in [0.25, 0.3) is 0 Å². The Kier molecular flexibility index (Phi) is 6.48. The predicted octanol–water partition coefficient (Wildman–Crippen LogP) is 2.12. The Hall–Kier alpha value is -0.910. The second kappa shape index (κ2) is 7.62. The zero-order valence-electron chi connectivity index (χ0n) is 12.0. The summed E-state index contributed by atoms with van der Waals surface area (Å²) < 4.78 is 0. The lowest BCUT2D eigenvalue weighted by Crippen LogP contribution is -2.51. The molecule has 1 saturated heterocycles. The standard InChI is InChI=1S/C13H24N2O3S/c1-4-11-9-14(6-7-19-11)13(18)15(5-2)10(3)8-12(16)17/h10-11H,4-9H2,1-3H3,(H,16,17). The Bertz CT molecular complexity index is 325. The lowest BCUT2D eigenvalue weighted by atomic mass is 10.2. The number of carboxylic acids is 1. The molecular formula is C13H24N2O3S. The van der Waals surface area contributed by atoms with Crippen molar-refractivity contribution in [1.82, 2.24) is 9.80 Å². The van der Waals surface area contributed by atoms with E-state index in [2.05, 4.69) is 6.92 Å². The van der Waals surface area contributed by atoms with E-state index < -0.39 is 5.97 Å². The van der Waals surface area contributed by atoms with E-state index in [1.54, 1.807) is 11.8 Å². The molecule has 2 amide bonds. The van der Waals surface area contributed by atoms with Crippen LogP contribution in [-0.2, 0) is 4.79 Å². The van der Waals surface area contributed by atoms with Gasteiger partial charge in [-0.2, -0.15) is 11.8 Å². The van der Waals surface area contributed by atoms with Gasteiger partial charge in [0.05, 0.1) is 6.42 Å². The highest BCUT2D eigenvalue weighted by Gasteiger charge is 2.29. The minimum atomic E-state index is -0.862. The molecule has 0 aromatic rings. The Morgan fingerprint density at radius 2 is 2.16 bits per heavy atom. The number of rotatable bonds is 5. The third-order valence-corrected chi connectivity index (χ3v) is 4.83. The van der Waals surface area contributed by atoms with Gasteiger partial charge in [0.1, 0.15) is 0 Å². The largest absolute Gasteiger partial charge is 0.481 e. The summed E-state index contributed by atoms with van der Waals surface area (Å²) in [6.45, 7) is 7.91. The average molecular weight is 288 g/mol. The average Bonchev–Trinajstić information content (AvgIpc) is 2.38. The highest BCUT2D eigenvalue weighted by Crippen LogP contribution is 2.22.